The summed E-state index contributed by atoms with van der Waals surface area (Å²) in [5, 5.41) is 4.08. The van der Waals surface area contributed by atoms with Crippen LogP contribution in [0.1, 0.15) is 77.6 Å². The Morgan fingerprint density at radius 2 is 1.61 bits per heavy atom. The van der Waals surface area contributed by atoms with Crippen LogP contribution in [0.5, 0.6) is 0 Å². The standard InChI is InChI=1S/C17H31N/c1-13-10-11-14-6-5-9-17(16(14)12-13)18-15-7-3-2-4-8-15/h13-18H,2-12H2,1H3. The first-order valence-electron chi connectivity index (χ1n) is 8.59. The molecule has 0 aromatic carbocycles. The van der Waals surface area contributed by atoms with Crippen molar-refractivity contribution >= 4 is 0 Å². The van der Waals surface area contributed by atoms with E-state index < -0.39 is 0 Å². The van der Waals surface area contributed by atoms with E-state index >= 15 is 0 Å². The van der Waals surface area contributed by atoms with E-state index in [0.29, 0.717) is 0 Å². The highest BCUT2D eigenvalue weighted by Crippen LogP contribution is 2.43. The monoisotopic (exact) mass is 249 g/mol. The summed E-state index contributed by atoms with van der Waals surface area (Å²) in [7, 11) is 0. The molecule has 1 heteroatoms. The lowest BCUT2D eigenvalue weighted by molar-refractivity contribution is 0.0895. The van der Waals surface area contributed by atoms with Crippen molar-refractivity contribution in [2.45, 2.75) is 89.6 Å². The molecule has 0 spiro atoms. The Hall–Kier alpha value is -0.0400. The Bertz CT molecular complexity index is 256. The fraction of sp³-hybridized carbons (Fsp3) is 1.00. The first-order valence-corrected chi connectivity index (χ1v) is 8.59. The van der Waals surface area contributed by atoms with Crippen LogP contribution < -0.4 is 5.32 Å². The molecule has 104 valence electrons. The molecule has 3 aliphatic rings. The maximum atomic E-state index is 4.08. The van der Waals surface area contributed by atoms with Crippen LogP contribution in [-0.2, 0) is 0 Å². The van der Waals surface area contributed by atoms with Gasteiger partial charge < -0.3 is 5.32 Å². The molecule has 0 heterocycles. The van der Waals surface area contributed by atoms with Crippen molar-refractivity contribution in [3.8, 4) is 0 Å². The zero-order chi connectivity index (χ0) is 12.4. The minimum atomic E-state index is 0.861. The van der Waals surface area contributed by atoms with Gasteiger partial charge >= 0.3 is 0 Å². The Morgan fingerprint density at radius 3 is 2.44 bits per heavy atom. The summed E-state index contributed by atoms with van der Waals surface area (Å²) >= 11 is 0. The van der Waals surface area contributed by atoms with Gasteiger partial charge in [-0.1, -0.05) is 45.4 Å². The molecule has 1 nitrogen and oxygen atoms in total. The number of fused-ring (bicyclic) bond motifs is 1. The molecule has 3 saturated carbocycles. The highest BCUT2D eigenvalue weighted by atomic mass is 15.0. The summed E-state index contributed by atoms with van der Waals surface area (Å²) in [5.74, 6) is 3.07. The molecule has 0 amide bonds. The summed E-state index contributed by atoms with van der Waals surface area (Å²) in [6.45, 7) is 2.47. The van der Waals surface area contributed by atoms with Gasteiger partial charge in [0.05, 0.1) is 0 Å². The summed E-state index contributed by atoms with van der Waals surface area (Å²) in [4.78, 5) is 0. The Morgan fingerprint density at radius 1 is 0.778 bits per heavy atom. The second-order valence-electron chi connectivity index (χ2n) is 7.38. The maximum Gasteiger partial charge on any atom is 0.0101 e. The van der Waals surface area contributed by atoms with Crippen molar-refractivity contribution in [1.29, 1.82) is 0 Å². The largest absolute Gasteiger partial charge is 0.311 e. The molecule has 4 unspecified atom stereocenters. The molecule has 1 N–H and O–H groups in total. The van der Waals surface area contributed by atoms with E-state index in [9.17, 15) is 0 Å². The van der Waals surface area contributed by atoms with Crippen molar-refractivity contribution < 1.29 is 0 Å². The van der Waals surface area contributed by atoms with E-state index in [1.54, 1.807) is 0 Å². The van der Waals surface area contributed by atoms with E-state index in [4.69, 9.17) is 0 Å². The molecule has 3 fully saturated rings. The predicted octanol–water partition coefficient (Wildman–Crippen LogP) is 4.51. The third-order valence-corrected chi connectivity index (χ3v) is 5.97. The Balaban J connectivity index is 1.59. The summed E-state index contributed by atoms with van der Waals surface area (Å²) in [6.07, 6.45) is 16.3. The smallest absolute Gasteiger partial charge is 0.0101 e. The van der Waals surface area contributed by atoms with Crippen LogP contribution in [-0.4, -0.2) is 12.1 Å². The van der Waals surface area contributed by atoms with Crippen molar-refractivity contribution in [2.75, 3.05) is 0 Å². The van der Waals surface area contributed by atoms with Crippen molar-refractivity contribution in [3.63, 3.8) is 0 Å². The minimum absolute atomic E-state index is 0.861. The van der Waals surface area contributed by atoms with Gasteiger partial charge in [-0.2, -0.15) is 0 Å². The zero-order valence-corrected chi connectivity index (χ0v) is 12.2. The van der Waals surface area contributed by atoms with Crippen LogP contribution >= 0.6 is 0 Å². The van der Waals surface area contributed by atoms with Gasteiger partial charge in [0.1, 0.15) is 0 Å². The quantitative estimate of drug-likeness (QED) is 0.759. The topological polar surface area (TPSA) is 12.0 Å². The van der Waals surface area contributed by atoms with Gasteiger partial charge in [-0.25, -0.2) is 0 Å². The molecule has 3 rings (SSSR count). The molecule has 18 heavy (non-hydrogen) atoms. The van der Waals surface area contributed by atoms with Crippen LogP contribution in [0.3, 0.4) is 0 Å². The van der Waals surface area contributed by atoms with E-state index in [1.165, 1.54) is 70.6 Å². The van der Waals surface area contributed by atoms with Gasteiger partial charge in [0.15, 0.2) is 0 Å². The molecule has 0 aromatic rings. The molecule has 0 radical (unpaired) electrons. The normalized spacial score (nSPS) is 42.5. The van der Waals surface area contributed by atoms with Crippen molar-refractivity contribution in [2.24, 2.45) is 17.8 Å². The maximum absolute atomic E-state index is 4.08. The van der Waals surface area contributed by atoms with E-state index in [-0.39, 0.29) is 0 Å². The Labute approximate surface area is 113 Å². The van der Waals surface area contributed by atoms with E-state index in [0.717, 1.165) is 29.8 Å². The van der Waals surface area contributed by atoms with Gasteiger partial charge in [0.2, 0.25) is 0 Å². The highest BCUT2D eigenvalue weighted by molar-refractivity contribution is 4.92. The van der Waals surface area contributed by atoms with Crippen LogP contribution in [0.2, 0.25) is 0 Å². The van der Waals surface area contributed by atoms with Crippen LogP contribution in [0.15, 0.2) is 0 Å². The third-order valence-electron chi connectivity index (χ3n) is 5.97. The molecule has 0 bridgehead atoms. The SMILES string of the molecule is CC1CCC2CCCC(NC3CCCCC3)C2C1. The first-order chi connectivity index (χ1) is 8.83. The fourth-order valence-electron chi connectivity index (χ4n) is 4.93. The molecule has 0 saturated heterocycles. The summed E-state index contributed by atoms with van der Waals surface area (Å²) in [5.41, 5.74) is 0. The van der Waals surface area contributed by atoms with E-state index in [1.807, 2.05) is 0 Å². The lowest BCUT2D eigenvalue weighted by atomic mass is 9.65. The highest BCUT2D eigenvalue weighted by Gasteiger charge is 2.37. The molecular weight excluding hydrogens is 218 g/mol. The van der Waals surface area contributed by atoms with Crippen LogP contribution in [0.25, 0.3) is 0 Å². The van der Waals surface area contributed by atoms with Gasteiger partial charge in [0, 0.05) is 12.1 Å². The van der Waals surface area contributed by atoms with Gasteiger partial charge in [0.25, 0.3) is 0 Å². The average molecular weight is 249 g/mol. The molecule has 0 aromatic heterocycles. The fourth-order valence-corrected chi connectivity index (χ4v) is 4.93. The van der Waals surface area contributed by atoms with Crippen LogP contribution in [0.4, 0.5) is 0 Å². The van der Waals surface area contributed by atoms with Crippen molar-refractivity contribution in [1.82, 2.24) is 5.32 Å². The lowest BCUT2D eigenvalue weighted by Gasteiger charge is -2.45. The number of rotatable bonds is 2. The molecule has 0 aliphatic heterocycles. The second-order valence-corrected chi connectivity index (χ2v) is 7.38. The van der Waals surface area contributed by atoms with Gasteiger partial charge in [-0.15, -0.1) is 0 Å². The molecule has 3 aliphatic carbocycles. The van der Waals surface area contributed by atoms with Gasteiger partial charge in [-0.05, 0) is 49.9 Å². The predicted molar refractivity (Wildman–Crippen MR) is 77.6 cm³/mol. The van der Waals surface area contributed by atoms with Crippen molar-refractivity contribution in [3.05, 3.63) is 0 Å². The third kappa shape index (κ3) is 2.92. The lowest BCUT2D eigenvalue weighted by Crippen LogP contribution is -2.49. The first kappa shape index (κ1) is 13.0. The summed E-state index contributed by atoms with van der Waals surface area (Å²) < 4.78 is 0. The average Bonchev–Trinajstić information content (AvgIpc) is 2.41. The minimum Gasteiger partial charge on any atom is -0.311 e. The molecule has 4 atom stereocenters. The summed E-state index contributed by atoms with van der Waals surface area (Å²) in [6, 6.07) is 1.73. The Kier molecular flexibility index (Phi) is 4.28. The zero-order valence-electron chi connectivity index (χ0n) is 12.2. The number of nitrogens with one attached hydrogen (secondary N) is 1. The van der Waals surface area contributed by atoms with E-state index in [2.05, 4.69) is 12.2 Å². The number of hydrogen-bond donors (Lipinski definition) is 1. The molecular formula is C17H31N. The van der Waals surface area contributed by atoms with Crippen LogP contribution in [0, 0.1) is 17.8 Å². The van der Waals surface area contributed by atoms with Gasteiger partial charge in [-0.3, -0.25) is 0 Å². The second kappa shape index (κ2) is 5.94. The number of hydrogen-bond acceptors (Lipinski definition) is 1.